The fourth-order valence-corrected chi connectivity index (χ4v) is 5.22. The molecule has 1 saturated heterocycles. The van der Waals surface area contributed by atoms with Gasteiger partial charge in [0.2, 0.25) is 15.9 Å². The lowest BCUT2D eigenvalue weighted by Gasteiger charge is -2.32. The Morgan fingerprint density at radius 1 is 1.07 bits per heavy atom. The lowest BCUT2D eigenvalue weighted by molar-refractivity contribution is -0.132. The predicted octanol–water partition coefficient (Wildman–Crippen LogP) is 3.45. The van der Waals surface area contributed by atoms with Crippen LogP contribution in [-0.4, -0.2) is 38.9 Å². The van der Waals surface area contributed by atoms with E-state index in [1.165, 1.54) is 5.56 Å². The number of rotatable bonds is 7. The molecule has 1 heterocycles. The molecule has 156 valence electrons. The van der Waals surface area contributed by atoms with Gasteiger partial charge in [0, 0.05) is 26.1 Å². The molecule has 0 aliphatic carbocycles. The zero-order chi connectivity index (χ0) is 20.9. The van der Waals surface area contributed by atoms with Crippen molar-refractivity contribution in [1.82, 2.24) is 9.62 Å². The Kier molecular flexibility index (Phi) is 7.09. The van der Waals surface area contributed by atoms with Crippen LogP contribution in [0.2, 0.25) is 0 Å². The van der Waals surface area contributed by atoms with Crippen LogP contribution in [0.1, 0.15) is 36.0 Å². The average Bonchev–Trinajstić information content (AvgIpc) is 2.69. The molecule has 1 aliphatic rings. The largest absolute Gasteiger partial charge is 0.343 e. The van der Waals surface area contributed by atoms with Gasteiger partial charge < -0.3 is 4.90 Å². The molecule has 5 nitrogen and oxygen atoms in total. The van der Waals surface area contributed by atoms with Crippen LogP contribution in [0.4, 0.5) is 0 Å². The second-order valence-corrected chi connectivity index (χ2v) is 9.67. The Labute approximate surface area is 174 Å². The minimum Gasteiger partial charge on any atom is -0.343 e. The van der Waals surface area contributed by atoms with Crippen LogP contribution in [0, 0.1) is 19.8 Å². The first kappa shape index (κ1) is 21.5. The second-order valence-electron chi connectivity index (χ2n) is 7.93. The van der Waals surface area contributed by atoms with Crippen LogP contribution >= 0.6 is 0 Å². The summed E-state index contributed by atoms with van der Waals surface area (Å²) in [6.07, 6.45) is 3.23. The summed E-state index contributed by atoms with van der Waals surface area (Å²) in [7, 11) is -3.60. The van der Waals surface area contributed by atoms with Gasteiger partial charge >= 0.3 is 0 Å². The quantitative estimate of drug-likeness (QED) is 0.755. The van der Waals surface area contributed by atoms with Gasteiger partial charge in [-0.15, -0.1) is 0 Å². The minimum absolute atomic E-state index is 0.0199. The predicted molar refractivity (Wildman–Crippen MR) is 115 cm³/mol. The SMILES string of the molecule is Cc1ccc(S(=O)(=O)NCCC(=O)N2CCC(Cc3ccccc3)CC2)c(C)c1. The first-order valence-electron chi connectivity index (χ1n) is 10.2. The molecule has 0 radical (unpaired) electrons. The molecule has 0 spiro atoms. The highest BCUT2D eigenvalue weighted by molar-refractivity contribution is 7.89. The Morgan fingerprint density at radius 3 is 2.41 bits per heavy atom. The van der Waals surface area contributed by atoms with E-state index >= 15 is 0 Å². The van der Waals surface area contributed by atoms with Gasteiger partial charge in [-0.3, -0.25) is 4.79 Å². The molecule has 1 fully saturated rings. The summed E-state index contributed by atoms with van der Waals surface area (Å²) >= 11 is 0. The van der Waals surface area contributed by atoms with E-state index in [1.807, 2.05) is 24.0 Å². The molecule has 6 heteroatoms. The van der Waals surface area contributed by atoms with E-state index < -0.39 is 10.0 Å². The monoisotopic (exact) mass is 414 g/mol. The van der Waals surface area contributed by atoms with Crippen molar-refractivity contribution in [3.05, 3.63) is 65.2 Å². The fraction of sp³-hybridized carbons (Fsp3) is 0.435. The first-order valence-corrected chi connectivity index (χ1v) is 11.7. The molecule has 1 aliphatic heterocycles. The van der Waals surface area contributed by atoms with Crippen molar-refractivity contribution in [3.8, 4) is 0 Å². The second kappa shape index (κ2) is 9.55. The number of hydrogen-bond donors (Lipinski definition) is 1. The maximum Gasteiger partial charge on any atom is 0.240 e. The lowest BCUT2D eigenvalue weighted by Crippen LogP contribution is -2.40. The fourth-order valence-electron chi connectivity index (χ4n) is 3.96. The topological polar surface area (TPSA) is 66.5 Å². The summed E-state index contributed by atoms with van der Waals surface area (Å²) in [6.45, 7) is 5.34. The number of amides is 1. The summed E-state index contributed by atoms with van der Waals surface area (Å²) in [6, 6.07) is 15.7. The molecular weight excluding hydrogens is 384 g/mol. The van der Waals surface area contributed by atoms with Crippen LogP contribution in [0.5, 0.6) is 0 Å². The Hall–Kier alpha value is -2.18. The van der Waals surface area contributed by atoms with E-state index in [4.69, 9.17) is 0 Å². The van der Waals surface area contributed by atoms with Crippen molar-refractivity contribution in [1.29, 1.82) is 0 Å². The van der Waals surface area contributed by atoms with Crippen molar-refractivity contribution >= 4 is 15.9 Å². The highest BCUT2D eigenvalue weighted by atomic mass is 32.2. The van der Waals surface area contributed by atoms with Gasteiger partial charge in [0.25, 0.3) is 0 Å². The third-order valence-corrected chi connectivity index (χ3v) is 7.21. The number of benzene rings is 2. The van der Waals surface area contributed by atoms with Crippen molar-refractivity contribution < 1.29 is 13.2 Å². The van der Waals surface area contributed by atoms with E-state index in [1.54, 1.807) is 19.1 Å². The maximum absolute atomic E-state index is 12.5. The third kappa shape index (κ3) is 5.90. The number of carbonyl (C=O) groups excluding carboxylic acids is 1. The molecule has 1 amide bonds. The Bertz CT molecular complexity index is 934. The van der Waals surface area contributed by atoms with Crippen LogP contribution in [0.3, 0.4) is 0 Å². The van der Waals surface area contributed by atoms with Crippen LogP contribution in [-0.2, 0) is 21.2 Å². The number of piperidine rings is 1. The van der Waals surface area contributed by atoms with Crippen LogP contribution in [0.25, 0.3) is 0 Å². The van der Waals surface area contributed by atoms with Gasteiger partial charge in [-0.2, -0.15) is 0 Å². The van der Waals surface area contributed by atoms with Gasteiger partial charge in [-0.1, -0.05) is 48.0 Å². The smallest absolute Gasteiger partial charge is 0.240 e. The third-order valence-electron chi connectivity index (χ3n) is 5.59. The molecule has 2 aromatic carbocycles. The van der Waals surface area contributed by atoms with Gasteiger partial charge in [-0.05, 0) is 56.2 Å². The number of likely N-dealkylation sites (tertiary alicyclic amines) is 1. The summed E-state index contributed by atoms with van der Waals surface area (Å²) in [5.74, 6) is 0.621. The van der Waals surface area contributed by atoms with Crippen molar-refractivity contribution in [2.45, 2.75) is 44.4 Å². The average molecular weight is 415 g/mol. The van der Waals surface area contributed by atoms with E-state index in [9.17, 15) is 13.2 Å². The Balaban J connectivity index is 1.44. The van der Waals surface area contributed by atoms with Gasteiger partial charge in [0.05, 0.1) is 4.90 Å². The van der Waals surface area contributed by atoms with Gasteiger partial charge in [-0.25, -0.2) is 13.1 Å². The van der Waals surface area contributed by atoms with Crippen molar-refractivity contribution in [3.63, 3.8) is 0 Å². The number of aryl methyl sites for hydroxylation is 2. The lowest BCUT2D eigenvalue weighted by atomic mass is 9.90. The van der Waals surface area contributed by atoms with E-state index in [-0.39, 0.29) is 23.8 Å². The molecule has 0 saturated carbocycles. The summed E-state index contributed by atoms with van der Waals surface area (Å²) in [5, 5.41) is 0. The van der Waals surface area contributed by atoms with Crippen molar-refractivity contribution in [2.24, 2.45) is 5.92 Å². The van der Waals surface area contributed by atoms with Gasteiger partial charge in [0.1, 0.15) is 0 Å². The van der Waals surface area contributed by atoms with Crippen LogP contribution in [0.15, 0.2) is 53.4 Å². The molecular formula is C23H30N2O3S. The van der Waals surface area contributed by atoms with E-state index in [0.717, 1.165) is 37.9 Å². The molecule has 0 bridgehead atoms. The van der Waals surface area contributed by atoms with E-state index in [0.29, 0.717) is 11.5 Å². The number of nitrogens with one attached hydrogen (secondary N) is 1. The number of carbonyl (C=O) groups is 1. The highest BCUT2D eigenvalue weighted by Gasteiger charge is 2.23. The molecule has 0 atom stereocenters. The van der Waals surface area contributed by atoms with Crippen molar-refractivity contribution in [2.75, 3.05) is 19.6 Å². The standard InChI is InChI=1S/C23H30N2O3S/c1-18-8-9-22(19(2)16-18)29(27,28)24-13-10-23(26)25-14-11-21(12-15-25)17-20-6-4-3-5-7-20/h3-9,16,21,24H,10-15,17H2,1-2H3. The minimum atomic E-state index is -3.60. The molecule has 3 rings (SSSR count). The maximum atomic E-state index is 12.5. The van der Waals surface area contributed by atoms with E-state index in [2.05, 4.69) is 29.0 Å². The number of sulfonamides is 1. The molecule has 0 aromatic heterocycles. The van der Waals surface area contributed by atoms with Crippen LogP contribution < -0.4 is 4.72 Å². The molecule has 29 heavy (non-hydrogen) atoms. The molecule has 2 aromatic rings. The Morgan fingerprint density at radius 2 is 1.76 bits per heavy atom. The summed E-state index contributed by atoms with van der Waals surface area (Å²) < 4.78 is 27.6. The van der Waals surface area contributed by atoms with Gasteiger partial charge in [0.15, 0.2) is 0 Å². The molecule has 1 N–H and O–H groups in total. The summed E-state index contributed by atoms with van der Waals surface area (Å²) in [4.78, 5) is 14.6. The zero-order valence-electron chi connectivity index (χ0n) is 17.2. The summed E-state index contributed by atoms with van der Waals surface area (Å²) in [5.41, 5.74) is 3.08. The molecule has 0 unspecified atom stereocenters. The number of nitrogens with zero attached hydrogens (tertiary/aromatic N) is 1. The number of hydrogen-bond acceptors (Lipinski definition) is 3. The highest BCUT2D eigenvalue weighted by Crippen LogP contribution is 2.22. The first-order chi connectivity index (χ1) is 13.8. The normalized spacial score (nSPS) is 15.4. The zero-order valence-corrected chi connectivity index (χ0v) is 18.0.